The van der Waals surface area contributed by atoms with Crippen LogP contribution in [0, 0.1) is 11.6 Å². The first-order chi connectivity index (χ1) is 14.0. The smallest absolute Gasteiger partial charge is 0.246 e. The Hall–Kier alpha value is -2.37. The van der Waals surface area contributed by atoms with Crippen LogP contribution in [0.15, 0.2) is 33.7 Å². The molecule has 11 heteroatoms. The second-order valence-corrected chi connectivity index (χ2v) is 10.0. The molecule has 2 heterocycles. The lowest BCUT2D eigenvalue weighted by Gasteiger charge is -2.33. The van der Waals surface area contributed by atoms with Crippen LogP contribution in [0.2, 0.25) is 0 Å². The number of aromatic nitrogens is 1. The van der Waals surface area contributed by atoms with Gasteiger partial charge in [0, 0.05) is 43.7 Å². The molecule has 8 nitrogen and oxygen atoms in total. The maximum Gasteiger partial charge on any atom is 0.246 e. The van der Waals surface area contributed by atoms with E-state index in [4.69, 9.17) is 4.52 Å². The Morgan fingerprint density at radius 2 is 1.83 bits per heavy atom. The van der Waals surface area contributed by atoms with E-state index in [9.17, 15) is 22.0 Å². The number of carbonyl (C=O) groups is 1. The number of hydrogen-bond acceptors (Lipinski definition) is 6. The summed E-state index contributed by atoms with van der Waals surface area (Å²) in [5.74, 6) is -2.03. The standard InChI is InChI=1S/C19H24F2N4O4S/c1-19(2,3)16-11-18(29-23-16)22-17(26)12-24-6-8-25(9-7-24)30(27,28)15-5-4-13(20)10-14(15)21/h4-5,10-11H,6-9,12H2,1-3H3,(H,22,26). The van der Waals surface area contributed by atoms with Crippen molar-refractivity contribution in [2.45, 2.75) is 31.1 Å². The zero-order valence-electron chi connectivity index (χ0n) is 17.0. The molecule has 2 aromatic rings. The number of anilines is 1. The Morgan fingerprint density at radius 1 is 1.17 bits per heavy atom. The number of amides is 1. The van der Waals surface area contributed by atoms with E-state index in [0.29, 0.717) is 24.8 Å². The molecule has 0 aliphatic carbocycles. The molecule has 1 aromatic carbocycles. The first-order valence-electron chi connectivity index (χ1n) is 9.41. The number of hydrogen-bond donors (Lipinski definition) is 1. The van der Waals surface area contributed by atoms with E-state index in [0.717, 1.165) is 16.4 Å². The van der Waals surface area contributed by atoms with Crippen LogP contribution < -0.4 is 5.32 Å². The molecular formula is C19H24F2N4O4S. The minimum Gasteiger partial charge on any atom is -0.338 e. The maximum absolute atomic E-state index is 13.9. The van der Waals surface area contributed by atoms with Crippen molar-refractivity contribution in [3.8, 4) is 0 Å². The average molecular weight is 442 g/mol. The zero-order valence-corrected chi connectivity index (χ0v) is 17.8. The fourth-order valence-corrected chi connectivity index (χ4v) is 4.49. The first-order valence-corrected chi connectivity index (χ1v) is 10.9. The van der Waals surface area contributed by atoms with Gasteiger partial charge in [-0.05, 0) is 12.1 Å². The summed E-state index contributed by atoms with van der Waals surface area (Å²) in [6, 6.07) is 4.04. The Bertz CT molecular complexity index is 1030. The maximum atomic E-state index is 13.9. The molecule has 30 heavy (non-hydrogen) atoms. The highest BCUT2D eigenvalue weighted by atomic mass is 32.2. The van der Waals surface area contributed by atoms with E-state index in [-0.39, 0.29) is 36.8 Å². The molecule has 0 radical (unpaired) electrons. The molecule has 0 saturated carbocycles. The second-order valence-electron chi connectivity index (χ2n) is 8.13. The molecule has 3 rings (SSSR count). The van der Waals surface area contributed by atoms with Gasteiger partial charge in [0.05, 0.1) is 12.2 Å². The topological polar surface area (TPSA) is 95.8 Å². The molecule has 0 atom stereocenters. The van der Waals surface area contributed by atoms with Crippen molar-refractivity contribution in [3.05, 3.63) is 41.6 Å². The van der Waals surface area contributed by atoms with Crippen molar-refractivity contribution in [1.82, 2.24) is 14.4 Å². The van der Waals surface area contributed by atoms with Gasteiger partial charge in [-0.2, -0.15) is 4.31 Å². The van der Waals surface area contributed by atoms with Crippen molar-refractivity contribution >= 4 is 21.8 Å². The van der Waals surface area contributed by atoms with Gasteiger partial charge in [-0.3, -0.25) is 15.0 Å². The summed E-state index contributed by atoms with van der Waals surface area (Å²) in [5, 5.41) is 6.57. The Kier molecular flexibility index (Phi) is 6.25. The van der Waals surface area contributed by atoms with E-state index in [1.165, 1.54) is 0 Å². The SMILES string of the molecule is CC(C)(C)c1cc(NC(=O)CN2CCN(S(=O)(=O)c3ccc(F)cc3F)CC2)on1. The number of sulfonamides is 1. The van der Waals surface area contributed by atoms with E-state index in [2.05, 4.69) is 10.5 Å². The quantitative estimate of drug-likeness (QED) is 0.763. The lowest BCUT2D eigenvalue weighted by Crippen LogP contribution is -2.50. The van der Waals surface area contributed by atoms with Crippen molar-refractivity contribution in [3.63, 3.8) is 0 Å². The van der Waals surface area contributed by atoms with Gasteiger partial charge in [-0.1, -0.05) is 25.9 Å². The lowest BCUT2D eigenvalue weighted by molar-refractivity contribution is -0.117. The van der Waals surface area contributed by atoms with Gasteiger partial charge < -0.3 is 4.52 Å². The van der Waals surface area contributed by atoms with E-state index < -0.39 is 26.6 Å². The predicted molar refractivity (Wildman–Crippen MR) is 105 cm³/mol. The monoisotopic (exact) mass is 442 g/mol. The van der Waals surface area contributed by atoms with Gasteiger partial charge in [0.2, 0.25) is 21.8 Å². The number of rotatable bonds is 5. The van der Waals surface area contributed by atoms with E-state index in [1.807, 2.05) is 20.8 Å². The van der Waals surface area contributed by atoms with Crippen molar-refractivity contribution < 1.29 is 26.5 Å². The Labute approximate surface area is 173 Å². The molecule has 0 spiro atoms. The zero-order chi connectivity index (χ0) is 22.1. The molecule has 1 amide bonds. The van der Waals surface area contributed by atoms with Crippen LogP contribution in [0.3, 0.4) is 0 Å². The van der Waals surface area contributed by atoms with Crippen LogP contribution in [-0.2, 0) is 20.2 Å². The minimum atomic E-state index is -4.08. The van der Waals surface area contributed by atoms with Crippen LogP contribution in [0.5, 0.6) is 0 Å². The van der Waals surface area contributed by atoms with Gasteiger partial charge in [0.25, 0.3) is 0 Å². The van der Waals surface area contributed by atoms with Gasteiger partial charge in [0.15, 0.2) is 0 Å². The number of nitrogens with one attached hydrogen (secondary N) is 1. The van der Waals surface area contributed by atoms with E-state index >= 15 is 0 Å². The van der Waals surface area contributed by atoms with Gasteiger partial charge in [-0.25, -0.2) is 17.2 Å². The number of nitrogens with zero attached hydrogens (tertiary/aromatic N) is 3. The Balaban J connectivity index is 1.55. The summed E-state index contributed by atoms with van der Waals surface area (Å²) in [7, 11) is -4.08. The highest BCUT2D eigenvalue weighted by Crippen LogP contribution is 2.24. The fraction of sp³-hybridized carbons (Fsp3) is 0.474. The third-order valence-electron chi connectivity index (χ3n) is 4.75. The largest absolute Gasteiger partial charge is 0.338 e. The number of halogens is 2. The summed E-state index contributed by atoms with van der Waals surface area (Å²) in [6.07, 6.45) is 0. The Morgan fingerprint density at radius 3 is 2.40 bits per heavy atom. The van der Waals surface area contributed by atoms with Crippen LogP contribution >= 0.6 is 0 Å². The van der Waals surface area contributed by atoms with Gasteiger partial charge >= 0.3 is 0 Å². The molecule has 1 saturated heterocycles. The third kappa shape index (κ3) is 5.02. The predicted octanol–water partition coefficient (Wildman–Crippen LogP) is 2.20. The van der Waals surface area contributed by atoms with Crippen LogP contribution in [0.25, 0.3) is 0 Å². The number of benzene rings is 1. The lowest BCUT2D eigenvalue weighted by atomic mass is 9.92. The normalized spacial score (nSPS) is 16.6. The average Bonchev–Trinajstić information content (AvgIpc) is 3.10. The first kappa shape index (κ1) is 22.3. The summed E-state index contributed by atoms with van der Waals surface area (Å²) in [4.78, 5) is 13.5. The summed E-state index contributed by atoms with van der Waals surface area (Å²) in [6.45, 7) is 6.72. The van der Waals surface area contributed by atoms with E-state index in [1.54, 1.807) is 11.0 Å². The van der Waals surface area contributed by atoms with Crippen molar-refractivity contribution in [2.24, 2.45) is 0 Å². The third-order valence-corrected chi connectivity index (χ3v) is 6.68. The van der Waals surface area contributed by atoms with Crippen LogP contribution in [0.4, 0.5) is 14.7 Å². The molecule has 1 N–H and O–H groups in total. The highest BCUT2D eigenvalue weighted by molar-refractivity contribution is 7.89. The molecule has 0 unspecified atom stereocenters. The van der Waals surface area contributed by atoms with Crippen LogP contribution in [-0.4, -0.2) is 61.4 Å². The molecular weight excluding hydrogens is 418 g/mol. The molecule has 1 fully saturated rings. The second kappa shape index (κ2) is 8.40. The van der Waals surface area contributed by atoms with Crippen molar-refractivity contribution in [1.29, 1.82) is 0 Å². The minimum absolute atomic E-state index is 0.0460. The molecule has 0 bridgehead atoms. The fourth-order valence-electron chi connectivity index (χ4n) is 3.02. The van der Waals surface area contributed by atoms with Crippen LogP contribution in [0.1, 0.15) is 26.5 Å². The van der Waals surface area contributed by atoms with Gasteiger partial charge in [-0.15, -0.1) is 0 Å². The summed E-state index contributed by atoms with van der Waals surface area (Å²) in [5.41, 5.74) is 0.503. The molecule has 1 aliphatic rings. The van der Waals surface area contributed by atoms with Crippen molar-refractivity contribution in [2.75, 3.05) is 38.0 Å². The number of carbonyl (C=O) groups excluding carboxylic acids is 1. The van der Waals surface area contributed by atoms with Gasteiger partial charge in [0.1, 0.15) is 16.5 Å². The molecule has 164 valence electrons. The molecule has 1 aliphatic heterocycles. The highest BCUT2D eigenvalue weighted by Gasteiger charge is 2.31. The molecule has 1 aromatic heterocycles. The summed E-state index contributed by atoms with van der Waals surface area (Å²) < 4.78 is 58.5. The summed E-state index contributed by atoms with van der Waals surface area (Å²) >= 11 is 0. The number of piperazine rings is 1.